The predicted molar refractivity (Wildman–Crippen MR) is 80.4 cm³/mol. The van der Waals surface area contributed by atoms with E-state index < -0.39 is 0 Å². The van der Waals surface area contributed by atoms with E-state index in [4.69, 9.17) is 4.74 Å². The topological polar surface area (TPSA) is 34.1 Å². The highest BCUT2D eigenvalue weighted by molar-refractivity contribution is 9.10. The van der Waals surface area contributed by atoms with Crippen molar-refractivity contribution in [3.8, 4) is 5.75 Å². The van der Waals surface area contributed by atoms with Crippen LogP contribution in [0.1, 0.15) is 5.56 Å². The molecule has 4 heteroatoms. The van der Waals surface area contributed by atoms with Gasteiger partial charge < -0.3 is 10.1 Å². The summed E-state index contributed by atoms with van der Waals surface area (Å²) in [6, 6.07) is 12.0. The average molecular weight is 321 g/mol. The minimum atomic E-state index is 0.673. The van der Waals surface area contributed by atoms with E-state index in [0.29, 0.717) is 6.61 Å². The number of nitrogens with zero attached hydrogens (tertiary/aromatic N) is 1. The summed E-state index contributed by atoms with van der Waals surface area (Å²) in [6.07, 6.45) is 4.66. The Morgan fingerprint density at radius 2 is 1.95 bits per heavy atom. The van der Waals surface area contributed by atoms with Crippen LogP contribution in [0.2, 0.25) is 0 Å². The molecule has 0 unspecified atom stereocenters. The predicted octanol–water partition coefficient (Wildman–Crippen LogP) is 3.06. The molecule has 0 fully saturated rings. The van der Waals surface area contributed by atoms with Gasteiger partial charge in [-0.25, -0.2) is 0 Å². The SMILES string of the molecule is Brc1cccc(OCCNCCc2ccncc2)c1. The Bertz CT molecular complexity index is 491. The van der Waals surface area contributed by atoms with Gasteiger partial charge in [0.25, 0.3) is 0 Å². The van der Waals surface area contributed by atoms with E-state index in [1.807, 2.05) is 48.8 Å². The molecule has 1 aromatic heterocycles. The quantitative estimate of drug-likeness (QED) is 0.796. The van der Waals surface area contributed by atoms with Gasteiger partial charge in [-0.2, -0.15) is 0 Å². The molecule has 0 spiro atoms. The second kappa shape index (κ2) is 7.92. The maximum Gasteiger partial charge on any atom is 0.120 e. The van der Waals surface area contributed by atoms with Gasteiger partial charge in [0.15, 0.2) is 0 Å². The number of nitrogens with one attached hydrogen (secondary N) is 1. The number of ether oxygens (including phenoxy) is 1. The third-order valence-corrected chi connectivity index (χ3v) is 3.18. The third-order valence-electron chi connectivity index (χ3n) is 2.68. The highest BCUT2D eigenvalue weighted by atomic mass is 79.9. The van der Waals surface area contributed by atoms with Crippen LogP contribution in [0.15, 0.2) is 53.3 Å². The molecule has 2 rings (SSSR count). The van der Waals surface area contributed by atoms with Crippen molar-refractivity contribution < 1.29 is 4.74 Å². The van der Waals surface area contributed by atoms with Crippen LogP contribution in [0.4, 0.5) is 0 Å². The summed E-state index contributed by atoms with van der Waals surface area (Å²) in [7, 11) is 0. The Balaban J connectivity index is 1.58. The summed E-state index contributed by atoms with van der Waals surface area (Å²) in [5.74, 6) is 0.894. The van der Waals surface area contributed by atoms with Gasteiger partial charge >= 0.3 is 0 Å². The minimum absolute atomic E-state index is 0.673. The number of aromatic nitrogens is 1. The van der Waals surface area contributed by atoms with E-state index in [1.165, 1.54) is 5.56 Å². The highest BCUT2D eigenvalue weighted by Crippen LogP contribution is 2.17. The summed E-state index contributed by atoms with van der Waals surface area (Å²) in [4.78, 5) is 4.00. The Kier molecular flexibility index (Phi) is 5.85. The van der Waals surface area contributed by atoms with E-state index in [1.54, 1.807) is 0 Å². The van der Waals surface area contributed by atoms with Crippen molar-refractivity contribution >= 4 is 15.9 Å². The Morgan fingerprint density at radius 3 is 2.74 bits per heavy atom. The fourth-order valence-electron chi connectivity index (χ4n) is 1.71. The molecule has 0 radical (unpaired) electrons. The summed E-state index contributed by atoms with van der Waals surface area (Å²) in [6.45, 7) is 2.47. The van der Waals surface area contributed by atoms with Crippen LogP contribution in [-0.4, -0.2) is 24.7 Å². The molecular weight excluding hydrogens is 304 g/mol. The zero-order valence-corrected chi connectivity index (χ0v) is 12.3. The summed E-state index contributed by atoms with van der Waals surface area (Å²) >= 11 is 3.42. The molecular formula is C15H17BrN2O. The smallest absolute Gasteiger partial charge is 0.120 e. The average Bonchev–Trinajstić information content (AvgIpc) is 2.44. The number of hydrogen-bond acceptors (Lipinski definition) is 3. The van der Waals surface area contributed by atoms with Gasteiger partial charge in [-0.1, -0.05) is 22.0 Å². The minimum Gasteiger partial charge on any atom is -0.492 e. The fourth-order valence-corrected chi connectivity index (χ4v) is 2.08. The maximum atomic E-state index is 5.64. The monoisotopic (exact) mass is 320 g/mol. The molecule has 0 atom stereocenters. The molecule has 0 aliphatic carbocycles. The van der Waals surface area contributed by atoms with Crippen molar-refractivity contribution in [2.45, 2.75) is 6.42 Å². The first kappa shape index (κ1) is 14.0. The lowest BCUT2D eigenvalue weighted by atomic mass is 10.2. The van der Waals surface area contributed by atoms with Crippen LogP contribution in [0.5, 0.6) is 5.75 Å². The van der Waals surface area contributed by atoms with Crippen LogP contribution in [0.25, 0.3) is 0 Å². The molecule has 0 saturated heterocycles. The molecule has 1 N–H and O–H groups in total. The molecule has 19 heavy (non-hydrogen) atoms. The number of halogens is 1. The standard InChI is InChI=1S/C15H17BrN2O/c16-14-2-1-3-15(12-14)19-11-10-18-9-6-13-4-7-17-8-5-13/h1-5,7-8,12,18H,6,9-11H2. The Labute approximate surface area is 122 Å². The van der Waals surface area contributed by atoms with E-state index in [-0.39, 0.29) is 0 Å². The number of hydrogen-bond donors (Lipinski definition) is 1. The molecule has 1 aromatic carbocycles. The molecule has 0 aliphatic heterocycles. The molecule has 1 heterocycles. The second-order valence-electron chi connectivity index (χ2n) is 4.16. The van der Waals surface area contributed by atoms with Gasteiger partial charge in [0.2, 0.25) is 0 Å². The van der Waals surface area contributed by atoms with Crippen LogP contribution in [0.3, 0.4) is 0 Å². The molecule has 0 amide bonds. The largest absolute Gasteiger partial charge is 0.492 e. The van der Waals surface area contributed by atoms with Gasteiger partial charge in [-0.3, -0.25) is 4.98 Å². The Morgan fingerprint density at radius 1 is 1.11 bits per heavy atom. The highest BCUT2D eigenvalue weighted by Gasteiger charge is 1.95. The van der Waals surface area contributed by atoms with Gasteiger partial charge in [0.1, 0.15) is 12.4 Å². The van der Waals surface area contributed by atoms with Crippen molar-refractivity contribution in [2.75, 3.05) is 19.7 Å². The van der Waals surface area contributed by atoms with E-state index >= 15 is 0 Å². The van der Waals surface area contributed by atoms with Gasteiger partial charge in [0, 0.05) is 23.4 Å². The van der Waals surface area contributed by atoms with Crippen molar-refractivity contribution in [3.05, 3.63) is 58.8 Å². The molecule has 0 aliphatic rings. The normalized spacial score (nSPS) is 10.4. The number of benzene rings is 1. The summed E-state index contributed by atoms with van der Waals surface area (Å²) in [5.41, 5.74) is 1.30. The number of rotatable bonds is 7. The first-order chi connectivity index (χ1) is 9.34. The lowest BCUT2D eigenvalue weighted by Crippen LogP contribution is -2.23. The van der Waals surface area contributed by atoms with E-state index in [9.17, 15) is 0 Å². The third kappa shape index (κ3) is 5.41. The Hall–Kier alpha value is -1.39. The van der Waals surface area contributed by atoms with Crippen molar-refractivity contribution in [2.24, 2.45) is 0 Å². The lowest BCUT2D eigenvalue weighted by molar-refractivity contribution is 0.314. The molecule has 3 nitrogen and oxygen atoms in total. The van der Waals surface area contributed by atoms with Crippen molar-refractivity contribution in [1.29, 1.82) is 0 Å². The summed E-state index contributed by atoms with van der Waals surface area (Å²) in [5, 5.41) is 3.36. The second-order valence-corrected chi connectivity index (χ2v) is 5.08. The van der Waals surface area contributed by atoms with Crippen LogP contribution in [0, 0.1) is 0 Å². The van der Waals surface area contributed by atoms with Crippen LogP contribution < -0.4 is 10.1 Å². The van der Waals surface area contributed by atoms with Crippen molar-refractivity contribution in [1.82, 2.24) is 10.3 Å². The lowest BCUT2D eigenvalue weighted by Gasteiger charge is -2.07. The van der Waals surface area contributed by atoms with E-state index in [0.717, 1.165) is 29.7 Å². The molecule has 0 saturated carbocycles. The van der Waals surface area contributed by atoms with Crippen LogP contribution >= 0.6 is 15.9 Å². The van der Waals surface area contributed by atoms with Crippen LogP contribution in [-0.2, 0) is 6.42 Å². The number of pyridine rings is 1. The van der Waals surface area contributed by atoms with Gasteiger partial charge in [-0.15, -0.1) is 0 Å². The van der Waals surface area contributed by atoms with E-state index in [2.05, 4.69) is 26.2 Å². The molecule has 2 aromatic rings. The molecule has 0 bridgehead atoms. The zero-order valence-electron chi connectivity index (χ0n) is 10.7. The molecule has 100 valence electrons. The zero-order chi connectivity index (χ0) is 13.3. The fraction of sp³-hybridized carbons (Fsp3) is 0.267. The first-order valence-electron chi connectivity index (χ1n) is 6.32. The van der Waals surface area contributed by atoms with Gasteiger partial charge in [-0.05, 0) is 48.9 Å². The van der Waals surface area contributed by atoms with Gasteiger partial charge in [0.05, 0.1) is 0 Å². The van der Waals surface area contributed by atoms with Crippen molar-refractivity contribution in [3.63, 3.8) is 0 Å². The first-order valence-corrected chi connectivity index (χ1v) is 7.12. The summed E-state index contributed by atoms with van der Waals surface area (Å²) < 4.78 is 6.67. The maximum absolute atomic E-state index is 5.64.